The summed E-state index contributed by atoms with van der Waals surface area (Å²) in [5, 5.41) is 0. The number of allylic oxidation sites excluding steroid dienone is 1. The van der Waals surface area contributed by atoms with Crippen molar-refractivity contribution in [3.8, 4) is 5.75 Å². The third-order valence-corrected chi connectivity index (χ3v) is 4.88. The average molecular weight is 416 g/mol. The first-order valence-electron chi connectivity index (χ1n) is 8.34. The van der Waals surface area contributed by atoms with Crippen LogP contribution in [0.15, 0.2) is 30.3 Å². The minimum Gasteiger partial charge on any atom is -0.496 e. The summed E-state index contributed by atoms with van der Waals surface area (Å²) < 4.78 is 60.2. The molecular weight excluding hydrogens is 396 g/mol. The summed E-state index contributed by atoms with van der Waals surface area (Å²) in [4.78, 5) is 14.3. The van der Waals surface area contributed by atoms with E-state index in [4.69, 9.17) is 9.47 Å². The van der Waals surface area contributed by atoms with Gasteiger partial charge in [-0.25, -0.2) is 8.78 Å². The zero-order valence-electron chi connectivity index (χ0n) is 15.6. The predicted octanol–water partition coefficient (Wildman–Crippen LogP) is 5.69. The van der Waals surface area contributed by atoms with Gasteiger partial charge < -0.3 is 9.47 Å². The number of benzene rings is 1. The minimum atomic E-state index is -4.21. The smallest absolute Gasteiger partial charge is 0.330 e. The molecule has 0 N–H and O–H groups in total. The highest BCUT2D eigenvalue weighted by Gasteiger charge is 2.40. The van der Waals surface area contributed by atoms with Gasteiger partial charge in [0.05, 0.1) is 13.7 Å². The molecule has 2 aromatic rings. The highest BCUT2D eigenvalue weighted by Crippen LogP contribution is 2.26. The van der Waals surface area contributed by atoms with Gasteiger partial charge in [-0.3, -0.25) is 4.79 Å². The molecule has 0 amide bonds. The second kappa shape index (κ2) is 9.34. The predicted molar refractivity (Wildman–Crippen MR) is 101 cm³/mol. The van der Waals surface area contributed by atoms with E-state index in [0.29, 0.717) is 22.4 Å². The molecule has 1 heterocycles. The lowest BCUT2D eigenvalue weighted by Gasteiger charge is -2.16. The molecule has 0 fully saturated rings. The van der Waals surface area contributed by atoms with Crippen molar-refractivity contribution in [3.05, 3.63) is 56.8 Å². The molecule has 0 aliphatic carbocycles. The van der Waals surface area contributed by atoms with E-state index >= 15 is 0 Å². The molecule has 0 unspecified atom stereocenters. The molecule has 0 saturated carbocycles. The number of alkyl halides is 4. The van der Waals surface area contributed by atoms with Crippen LogP contribution in [0.5, 0.6) is 5.75 Å². The fourth-order valence-electron chi connectivity index (χ4n) is 2.51. The molecule has 0 atom stereocenters. The van der Waals surface area contributed by atoms with Gasteiger partial charge in [0.15, 0.2) is 5.78 Å². The molecule has 0 aliphatic heterocycles. The van der Waals surface area contributed by atoms with E-state index in [0.717, 1.165) is 9.75 Å². The number of carbonyl (C=O) groups is 1. The first-order valence-corrected chi connectivity index (χ1v) is 9.15. The van der Waals surface area contributed by atoms with E-state index in [1.54, 1.807) is 24.3 Å². The Morgan fingerprint density at radius 1 is 1.25 bits per heavy atom. The largest absolute Gasteiger partial charge is 0.496 e. The molecule has 8 heteroatoms. The number of carbonyl (C=O) groups excluding carboxylic acids is 1. The fraction of sp³-hybridized carbons (Fsp3) is 0.350. The van der Waals surface area contributed by atoms with Crippen molar-refractivity contribution < 1.29 is 31.8 Å². The molecular formula is C20H20F4O3S. The average Bonchev–Trinajstić information content (AvgIpc) is 2.98. The van der Waals surface area contributed by atoms with Crippen molar-refractivity contribution in [2.24, 2.45) is 0 Å². The van der Waals surface area contributed by atoms with Crippen LogP contribution in [0, 0.1) is 13.8 Å². The molecule has 1 aromatic heterocycles. The van der Waals surface area contributed by atoms with E-state index in [-0.39, 0.29) is 12.4 Å². The third kappa shape index (κ3) is 5.65. The first kappa shape index (κ1) is 22.1. The van der Waals surface area contributed by atoms with Gasteiger partial charge >= 0.3 is 12.3 Å². The second-order valence-electron chi connectivity index (χ2n) is 6.15. The van der Waals surface area contributed by atoms with Crippen LogP contribution in [-0.2, 0) is 11.3 Å². The number of methoxy groups -OCH3 is 1. The molecule has 0 aliphatic rings. The van der Waals surface area contributed by atoms with E-state index in [2.05, 4.69) is 0 Å². The summed E-state index contributed by atoms with van der Waals surface area (Å²) in [7, 11) is 1.40. The Labute approximate surface area is 164 Å². The molecule has 0 spiro atoms. The molecule has 0 saturated heterocycles. The number of ether oxygens (including phenoxy) is 2. The highest BCUT2D eigenvalue weighted by atomic mass is 32.1. The molecule has 0 radical (unpaired) electrons. The number of hydrogen-bond acceptors (Lipinski definition) is 4. The summed E-state index contributed by atoms with van der Waals surface area (Å²) in [5.74, 6) is -3.99. The first-order chi connectivity index (χ1) is 13.1. The highest BCUT2D eigenvalue weighted by molar-refractivity contribution is 7.12. The van der Waals surface area contributed by atoms with Crippen LogP contribution < -0.4 is 4.74 Å². The molecule has 3 nitrogen and oxygen atoms in total. The van der Waals surface area contributed by atoms with E-state index in [1.807, 2.05) is 19.9 Å². The van der Waals surface area contributed by atoms with Crippen LogP contribution in [0.3, 0.4) is 0 Å². The van der Waals surface area contributed by atoms with E-state index in [9.17, 15) is 22.4 Å². The standard InChI is InChI=1S/C20H20F4O3S/c1-12-8-16(13(2)28-12)17(25)6-4-14-5-7-18(26-3)15(9-14)10-27-11-20(23,24)19(21)22/h4-9,19H,10-11H2,1-3H3/b6-4+. The Kier molecular flexibility index (Phi) is 7.37. The number of ketones is 1. The van der Waals surface area contributed by atoms with Crippen molar-refractivity contribution in [1.29, 1.82) is 0 Å². The van der Waals surface area contributed by atoms with Gasteiger partial charge in [0.1, 0.15) is 12.4 Å². The van der Waals surface area contributed by atoms with Crippen LogP contribution in [0.25, 0.3) is 6.08 Å². The maximum atomic E-state index is 13.0. The van der Waals surface area contributed by atoms with Crippen LogP contribution >= 0.6 is 11.3 Å². The topological polar surface area (TPSA) is 35.5 Å². The maximum absolute atomic E-state index is 13.0. The number of aryl methyl sites for hydroxylation is 2. The molecule has 0 bridgehead atoms. The van der Waals surface area contributed by atoms with Gasteiger partial charge in [0.2, 0.25) is 0 Å². The number of thiophene rings is 1. The second-order valence-corrected chi connectivity index (χ2v) is 7.61. The number of rotatable bonds is 9. The van der Waals surface area contributed by atoms with Crippen molar-refractivity contribution in [2.75, 3.05) is 13.7 Å². The maximum Gasteiger partial charge on any atom is 0.330 e. The minimum absolute atomic E-state index is 0.146. The lowest BCUT2D eigenvalue weighted by atomic mass is 10.1. The van der Waals surface area contributed by atoms with Crippen LogP contribution in [-0.4, -0.2) is 31.8 Å². The van der Waals surface area contributed by atoms with Gasteiger partial charge in [0.25, 0.3) is 0 Å². The van der Waals surface area contributed by atoms with Crippen molar-refractivity contribution in [1.82, 2.24) is 0 Å². The summed E-state index contributed by atoms with van der Waals surface area (Å²) in [6, 6.07) is 6.69. The van der Waals surface area contributed by atoms with Crippen molar-refractivity contribution in [2.45, 2.75) is 32.8 Å². The zero-order chi connectivity index (χ0) is 20.9. The fourth-order valence-corrected chi connectivity index (χ4v) is 3.44. The van der Waals surface area contributed by atoms with Crippen molar-refractivity contribution in [3.63, 3.8) is 0 Å². The monoisotopic (exact) mass is 416 g/mol. The zero-order valence-corrected chi connectivity index (χ0v) is 16.4. The summed E-state index contributed by atoms with van der Waals surface area (Å²) in [5.41, 5.74) is 1.66. The summed E-state index contributed by atoms with van der Waals surface area (Å²) >= 11 is 1.54. The molecule has 2 rings (SSSR count). The quantitative estimate of drug-likeness (QED) is 0.299. The van der Waals surface area contributed by atoms with Crippen LogP contribution in [0.2, 0.25) is 0 Å². The Bertz CT molecular complexity index is 859. The number of hydrogen-bond donors (Lipinski definition) is 0. The van der Waals surface area contributed by atoms with Gasteiger partial charge in [-0.15, -0.1) is 11.3 Å². The molecule has 1 aromatic carbocycles. The Hall–Kier alpha value is -2.19. The molecule has 28 heavy (non-hydrogen) atoms. The summed E-state index contributed by atoms with van der Waals surface area (Å²) in [6.45, 7) is 2.06. The normalized spacial score (nSPS) is 12.1. The van der Waals surface area contributed by atoms with Gasteiger partial charge in [-0.1, -0.05) is 12.1 Å². The summed E-state index contributed by atoms with van der Waals surface area (Å²) in [6.07, 6.45) is -0.781. The Morgan fingerprint density at radius 3 is 2.54 bits per heavy atom. The Morgan fingerprint density at radius 2 is 1.96 bits per heavy atom. The van der Waals surface area contributed by atoms with E-state index in [1.165, 1.54) is 24.5 Å². The van der Waals surface area contributed by atoms with Crippen LogP contribution in [0.1, 0.15) is 31.2 Å². The third-order valence-electron chi connectivity index (χ3n) is 3.91. The van der Waals surface area contributed by atoms with E-state index < -0.39 is 19.0 Å². The van der Waals surface area contributed by atoms with Gasteiger partial charge in [-0.05, 0) is 43.7 Å². The Balaban J connectivity index is 2.11. The van der Waals surface area contributed by atoms with Gasteiger partial charge in [0, 0.05) is 20.9 Å². The van der Waals surface area contributed by atoms with Crippen molar-refractivity contribution >= 4 is 23.2 Å². The van der Waals surface area contributed by atoms with Crippen LogP contribution in [0.4, 0.5) is 17.6 Å². The lowest BCUT2D eigenvalue weighted by Crippen LogP contribution is -2.32. The van der Waals surface area contributed by atoms with Gasteiger partial charge in [-0.2, -0.15) is 8.78 Å². The SMILES string of the molecule is COc1ccc(/C=C/C(=O)c2cc(C)sc2C)cc1COCC(F)(F)C(F)F. The lowest BCUT2D eigenvalue weighted by molar-refractivity contribution is -0.168. The number of halogens is 4. The molecule has 152 valence electrons.